The average molecular weight is 259 g/mol. The smallest absolute Gasteiger partial charge is 0.0949 e. The van der Waals surface area contributed by atoms with E-state index >= 15 is 0 Å². The lowest BCUT2D eigenvalue weighted by molar-refractivity contribution is 0.390. The van der Waals surface area contributed by atoms with E-state index in [0.717, 1.165) is 12.2 Å². The van der Waals surface area contributed by atoms with Crippen molar-refractivity contribution >= 4 is 0 Å². The van der Waals surface area contributed by atoms with Gasteiger partial charge in [-0.2, -0.15) is 5.10 Å². The van der Waals surface area contributed by atoms with Crippen LogP contribution in [0.3, 0.4) is 0 Å². The number of aromatic nitrogens is 4. The summed E-state index contributed by atoms with van der Waals surface area (Å²) in [5.41, 5.74) is 2.41. The van der Waals surface area contributed by atoms with Gasteiger partial charge in [0.2, 0.25) is 0 Å². The highest BCUT2D eigenvalue weighted by atomic mass is 15.3. The van der Waals surface area contributed by atoms with E-state index in [2.05, 4.69) is 39.3 Å². The zero-order valence-electron chi connectivity index (χ0n) is 11.6. The summed E-state index contributed by atoms with van der Waals surface area (Å²) in [4.78, 5) is 4.16. The highest BCUT2D eigenvalue weighted by molar-refractivity contribution is 5.15. The maximum absolute atomic E-state index is 4.39. The summed E-state index contributed by atoms with van der Waals surface area (Å²) in [6.45, 7) is 2.97. The second-order valence-corrected chi connectivity index (χ2v) is 5.41. The van der Waals surface area contributed by atoms with Gasteiger partial charge in [0, 0.05) is 49.8 Å². The molecule has 0 aromatic carbocycles. The molecule has 1 aliphatic rings. The average Bonchev–Trinajstić information content (AvgIpc) is 3.07. The Hall–Kier alpha value is -1.62. The fourth-order valence-electron chi connectivity index (χ4n) is 3.06. The van der Waals surface area contributed by atoms with E-state index in [0.29, 0.717) is 12.1 Å². The summed E-state index contributed by atoms with van der Waals surface area (Å²) in [6.07, 6.45) is 11.7. The molecule has 0 radical (unpaired) electrons. The molecule has 1 N–H and O–H groups in total. The van der Waals surface area contributed by atoms with Crippen molar-refractivity contribution in [2.45, 2.75) is 44.8 Å². The predicted octanol–water partition coefficient (Wildman–Crippen LogP) is 1.81. The van der Waals surface area contributed by atoms with E-state index < -0.39 is 0 Å². The highest BCUT2D eigenvalue weighted by Gasteiger charge is 2.27. The van der Waals surface area contributed by atoms with Crippen LogP contribution in [0, 0.1) is 6.92 Å². The van der Waals surface area contributed by atoms with Gasteiger partial charge in [0.05, 0.1) is 12.0 Å². The molecule has 0 spiro atoms. The first kappa shape index (κ1) is 12.4. The topological polar surface area (TPSA) is 47.7 Å². The van der Waals surface area contributed by atoms with E-state index in [9.17, 15) is 0 Å². The van der Waals surface area contributed by atoms with Gasteiger partial charge in [0.25, 0.3) is 0 Å². The summed E-state index contributed by atoms with van der Waals surface area (Å²) in [5, 5.41) is 8.08. The zero-order chi connectivity index (χ0) is 13.2. The second kappa shape index (κ2) is 5.17. The minimum atomic E-state index is 0.536. The van der Waals surface area contributed by atoms with E-state index in [1.165, 1.54) is 24.8 Å². The van der Waals surface area contributed by atoms with Crippen molar-refractivity contribution in [1.82, 2.24) is 24.6 Å². The molecule has 0 saturated heterocycles. The second-order valence-electron chi connectivity index (χ2n) is 5.41. The number of hydrogen-bond acceptors (Lipinski definition) is 3. The van der Waals surface area contributed by atoms with Crippen molar-refractivity contribution in [3.8, 4) is 0 Å². The van der Waals surface area contributed by atoms with Crippen LogP contribution in [0.5, 0.6) is 0 Å². The van der Waals surface area contributed by atoms with Crippen LogP contribution >= 0.6 is 0 Å². The third-order valence-electron chi connectivity index (χ3n) is 4.06. The molecule has 0 bridgehead atoms. The van der Waals surface area contributed by atoms with Crippen LogP contribution in [0.25, 0.3) is 0 Å². The molecule has 2 unspecified atom stereocenters. The first-order chi connectivity index (χ1) is 9.24. The fourth-order valence-corrected chi connectivity index (χ4v) is 3.06. The Labute approximate surface area is 113 Å². The van der Waals surface area contributed by atoms with Crippen molar-refractivity contribution in [2.24, 2.45) is 7.05 Å². The maximum atomic E-state index is 4.39. The first-order valence-corrected chi connectivity index (χ1v) is 6.94. The molecule has 19 heavy (non-hydrogen) atoms. The van der Waals surface area contributed by atoms with E-state index in [-0.39, 0.29) is 0 Å². The van der Waals surface area contributed by atoms with Crippen LogP contribution < -0.4 is 5.32 Å². The summed E-state index contributed by atoms with van der Waals surface area (Å²) >= 11 is 0. The van der Waals surface area contributed by atoms with Gasteiger partial charge >= 0.3 is 0 Å². The van der Waals surface area contributed by atoms with E-state index in [4.69, 9.17) is 0 Å². The van der Waals surface area contributed by atoms with Crippen LogP contribution in [0.15, 0.2) is 24.9 Å². The molecular formula is C14H21N5. The zero-order valence-corrected chi connectivity index (χ0v) is 11.6. The molecule has 5 heteroatoms. The van der Waals surface area contributed by atoms with E-state index in [1.807, 2.05) is 24.3 Å². The van der Waals surface area contributed by atoms with Gasteiger partial charge in [0.15, 0.2) is 0 Å². The number of hydrogen-bond donors (Lipinski definition) is 1. The molecule has 0 aliphatic heterocycles. The molecule has 2 aromatic heterocycles. The number of nitrogens with one attached hydrogen (secondary N) is 1. The van der Waals surface area contributed by atoms with Crippen molar-refractivity contribution in [2.75, 3.05) is 0 Å². The minimum Gasteiger partial charge on any atom is -0.333 e. The lowest BCUT2D eigenvalue weighted by Crippen LogP contribution is -2.33. The quantitative estimate of drug-likeness (QED) is 0.911. The summed E-state index contributed by atoms with van der Waals surface area (Å²) in [7, 11) is 1.97. The highest BCUT2D eigenvalue weighted by Crippen LogP contribution is 2.30. The Bertz CT molecular complexity index is 528. The first-order valence-electron chi connectivity index (χ1n) is 6.94. The Balaban J connectivity index is 1.64. The Morgan fingerprint density at radius 1 is 1.42 bits per heavy atom. The molecular weight excluding hydrogens is 238 g/mol. The molecule has 5 nitrogen and oxygen atoms in total. The van der Waals surface area contributed by atoms with Gasteiger partial charge in [-0.3, -0.25) is 4.68 Å². The van der Waals surface area contributed by atoms with Gasteiger partial charge in [-0.25, -0.2) is 4.98 Å². The third-order valence-corrected chi connectivity index (χ3v) is 4.06. The molecule has 102 valence electrons. The normalized spacial score (nSPS) is 23.1. The lowest BCUT2D eigenvalue weighted by Gasteiger charge is -2.22. The van der Waals surface area contributed by atoms with Crippen LogP contribution in [-0.2, 0) is 13.6 Å². The van der Waals surface area contributed by atoms with Crippen LogP contribution in [0.1, 0.15) is 36.6 Å². The Morgan fingerprint density at radius 2 is 2.32 bits per heavy atom. The molecule has 2 atom stereocenters. The molecule has 3 rings (SSSR count). The summed E-state index contributed by atoms with van der Waals surface area (Å²) in [6, 6.07) is 1.08. The largest absolute Gasteiger partial charge is 0.333 e. The van der Waals surface area contributed by atoms with Crippen molar-refractivity contribution < 1.29 is 0 Å². The van der Waals surface area contributed by atoms with Gasteiger partial charge in [-0.1, -0.05) is 0 Å². The van der Waals surface area contributed by atoms with Crippen molar-refractivity contribution in [3.05, 3.63) is 36.2 Å². The number of rotatable bonds is 4. The maximum Gasteiger partial charge on any atom is 0.0949 e. The number of aryl methyl sites for hydroxylation is 2. The minimum absolute atomic E-state index is 0.536. The monoisotopic (exact) mass is 259 g/mol. The molecule has 0 amide bonds. The third kappa shape index (κ3) is 2.56. The molecule has 2 heterocycles. The molecule has 1 fully saturated rings. The summed E-state index contributed by atoms with van der Waals surface area (Å²) in [5.74, 6) is 0. The van der Waals surface area contributed by atoms with E-state index in [1.54, 1.807) is 0 Å². The van der Waals surface area contributed by atoms with Crippen LogP contribution in [0.4, 0.5) is 0 Å². The standard InChI is InChI=1S/C14H21N5/c1-11-12(9-18(2)17-11)8-16-13-4-3-5-14(13)19-7-6-15-10-19/h6-7,9-10,13-14,16H,3-5,8H2,1-2H3. The predicted molar refractivity (Wildman–Crippen MR) is 73.7 cm³/mol. The number of imidazole rings is 1. The van der Waals surface area contributed by atoms with Crippen LogP contribution in [0.2, 0.25) is 0 Å². The van der Waals surface area contributed by atoms with Gasteiger partial charge in [-0.05, 0) is 26.2 Å². The summed E-state index contributed by atoms with van der Waals surface area (Å²) < 4.78 is 4.12. The Kier molecular flexibility index (Phi) is 3.38. The van der Waals surface area contributed by atoms with Gasteiger partial charge < -0.3 is 9.88 Å². The van der Waals surface area contributed by atoms with Crippen molar-refractivity contribution in [1.29, 1.82) is 0 Å². The van der Waals surface area contributed by atoms with Gasteiger partial charge in [-0.15, -0.1) is 0 Å². The number of nitrogens with zero attached hydrogens (tertiary/aromatic N) is 4. The lowest BCUT2D eigenvalue weighted by atomic mass is 10.1. The molecule has 2 aromatic rings. The van der Waals surface area contributed by atoms with Crippen LogP contribution in [-0.4, -0.2) is 25.4 Å². The van der Waals surface area contributed by atoms with Crippen molar-refractivity contribution in [3.63, 3.8) is 0 Å². The molecule has 1 aliphatic carbocycles. The fraction of sp³-hybridized carbons (Fsp3) is 0.571. The molecule has 1 saturated carbocycles. The van der Waals surface area contributed by atoms with Gasteiger partial charge in [0.1, 0.15) is 0 Å². The SMILES string of the molecule is Cc1nn(C)cc1CNC1CCCC1n1ccnc1. The Morgan fingerprint density at radius 3 is 3.00 bits per heavy atom.